The zero-order valence-corrected chi connectivity index (χ0v) is 13.2. The van der Waals surface area contributed by atoms with E-state index < -0.39 is 5.97 Å². The number of nitrogens with zero attached hydrogens (tertiary/aromatic N) is 3. The summed E-state index contributed by atoms with van der Waals surface area (Å²) in [7, 11) is 0. The van der Waals surface area contributed by atoms with Crippen LogP contribution in [0.5, 0.6) is 5.75 Å². The number of phenols is 1. The predicted molar refractivity (Wildman–Crippen MR) is 90.2 cm³/mol. The normalized spacial score (nSPS) is 11.8. The number of carboxylic acid groups (broad SMARTS) is 1. The molecule has 0 saturated heterocycles. The van der Waals surface area contributed by atoms with Crippen LogP contribution in [-0.4, -0.2) is 31.2 Å². The third kappa shape index (κ3) is 3.27. The quantitative estimate of drug-likeness (QED) is 0.704. The minimum atomic E-state index is -0.908. The largest absolute Gasteiger partial charge is 0.506 e. The number of phenolic OH excluding ortho intramolecular Hbond substituents is 1. The molecule has 1 aromatic heterocycles. The zero-order valence-electron chi connectivity index (χ0n) is 13.2. The minimum Gasteiger partial charge on any atom is -0.506 e. The molecule has 0 amide bonds. The van der Waals surface area contributed by atoms with Gasteiger partial charge in [-0.3, -0.25) is 0 Å². The highest BCUT2D eigenvalue weighted by atomic mass is 16.4. The van der Waals surface area contributed by atoms with Gasteiger partial charge in [0.05, 0.1) is 0 Å². The molecule has 0 unspecified atom stereocenters. The fourth-order valence-corrected chi connectivity index (χ4v) is 2.39. The molecule has 2 N–H and O–H groups in total. The van der Waals surface area contributed by atoms with Crippen LogP contribution in [0.4, 0.5) is 0 Å². The smallest absolute Gasteiger partial charge is 0.330 e. The van der Waals surface area contributed by atoms with Crippen molar-refractivity contribution in [2.75, 3.05) is 0 Å². The number of hydrogen-bond acceptors (Lipinski definition) is 4. The number of allylic oxidation sites excluding steroid dienone is 1. The lowest BCUT2D eigenvalue weighted by molar-refractivity contribution is -0.132. The van der Waals surface area contributed by atoms with E-state index in [1.54, 1.807) is 19.1 Å². The molecule has 24 heavy (non-hydrogen) atoms. The van der Waals surface area contributed by atoms with Gasteiger partial charge in [-0.15, -0.1) is 15.0 Å². The zero-order chi connectivity index (χ0) is 17.1. The summed E-state index contributed by atoms with van der Waals surface area (Å²) in [6.07, 6.45) is 2.96. The van der Waals surface area contributed by atoms with Gasteiger partial charge in [0.15, 0.2) is 0 Å². The molecular formula is C18H17N3O3. The second kappa shape index (κ2) is 6.54. The lowest BCUT2D eigenvalue weighted by Gasteiger charge is -2.06. The number of hydrogen-bond donors (Lipinski definition) is 2. The first-order valence-electron chi connectivity index (χ1n) is 7.59. The lowest BCUT2D eigenvalue weighted by atomic mass is 10.1. The minimum absolute atomic E-state index is 0.0938. The summed E-state index contributed by atoms with van der Waals surface area (Å²) in [5.41, 5.74) is 3.31. The molecule has 3 rings (SSSR count). The Morgan fingerprint density at radius 3 is 2.46 bits per heavy atom. The molecule has 0 fully saturated rings. The summed E-state index contributed by atoms with van der Waals surface area (Å²) in [4.78, 5) is 12.2. The van der Waals surface area contributed by atoms with E-state index in [9.17, 15) is 9.90 Å². The summed E-state index contributed by atoms with van der Waals surface area (Å²) in [6.45, 7) is 1.57. The first kappa shape index (κ1) is 15.7. The van der Waals surface area contributed by atoms with Crippen LogP contribution >= 0.6 is 0 Å². The molecule has 0 aliphatic carbocycles. The van der Waals surface area contributed by atoms with Gasteiger partial charge in [-0.1, -0.05) is 24.3 Å². The molecule has 0 saturated carbocycles. The van der Waals surface area contributed by atoms with Crippen LogP contribution in [0.1, 0.15) is 18.9 Å². The molecule has 122 valence electrons. The van der Waals surface area contributed by atoms with Gasteiger partial charge in [0.25, 0.3) is 0 Å². The monoisotopic (exact) mass is 323 g/mol. The number of aryl methyl sites for hydroxylation is 1. The van der Waals surface area contributed by atoms with Gasteiger partial charge in [0.1, 0.15) is 22.5 Å². The average molecular weight is 323 g/mol. The molecule has 0 radical (unpaired) electrons. The maximum atomic E-state index is 10.8. The standard InChI is InChI=1S/C18H17N3O3/c1-12(18(23)24)5-4-6-13-9-10-17(22)16(11-13)21-19-14-7-2-3-8-15(14)20-21/h2-3,5,7-11,22H,4,6H2,1H3,(H,23,24)/b12-5+. The molecule has 0 aliphatic rings. The second-order valence-electron chi connectivity index (χ2n) is 5.53. The summed E-state index contributed by atoms with van der Waals surface area (Å²) in [5.74, 6) is -0.815. The molecule has 1 heterocycles. The molecule has 3 aromatic rings. The fraction of sp³-hybridized carbons (Fsp3) is 0.167. The van der Waals surface area contributed by atoms with E-state index in [1.165, 1.54) is 4.80 Å². The van der Waals surface area contributed by atoms with Crippen molar-refractivity contribution >= 4 is 17.0 Å². The first-order valence-corrected chi connectivity index (χ1v) is 7.59. The van der Waals surface area contributed by atoms with Gasteiger partial charge < -0.3 is 10.2 Å². The summed E-state index contributed by atoms with van der Waals surface area (Å²) in [5, 5.41) is 27.7. The Morgan fingerprint density at radius 2 is 1.83 bits per heavy atom. The summed E-state index contributed by atoms with van der Waals surface area (Å²) < 4.78 is 0. The maximum Gasteiger partial charge on any atom is 0.330 e. The van der Waals surface area contributed by atoms with E-state index >= 15 is 0 Å². The Kier molecular flexibility index (Phi) is 4.29. The number of benzene rings is 2. The highest BCUT2D eigenvalue weighted by molar-refractivity contribution is 5.85. The highest BCUT2D eigenvalue weighted by Crippen LogP contribution is 2.23. The van der Waals surface area contributed by atoms with Gasteiger partial charge in [-0.05, 0) is 49.6 Å². The van der Waals surface area contributed by atoms with Crippen molar-refractivity contribution in [3.63, 3.8) is 0 Å². The molecular weight excluding hydrogens is 306 g/mol. The molecule has 2 aromatic carbocycles. The number of carboxylic acids is 1. The predicted octanol–water partition coefficient (Wildman–Crippen LogP) is 3.09. The lowest BCUT2D eigenvalue weighted by Crippen LogP contribution is -2.00. The van der Waals surface area contributed by atoms with Gasteiger partial charge in [-0.2, -0.15) is 0 Å². The number of aromatic nitrogens is 3. The number of aromatic hydroxyl groups is 1. The van der Waals surface area contributed by atoms with E-state index in [2.05, 4.69) is 10.2 Å². The number of carbonyl (C=O) groups is 1. The topological polar surface area (TPSA) is 88.2 Å². The molecule has 0 atom stereocenters. The van der Waals surface area contributed by atoms with E-state index in [0.717, 1.165) is 16.6 Å². The van der Waals surface area contributed by atoms with Crippen LogP contribution in [0.25, 0.3) is 16.7 Å². The fourth-order valence-electron chi connectivity index (χ4n) is 2.39. The van der Waals surface area contributed by atoms with Gasteiger partial charge >= 0.3 is 5.97 Å². The van der Waals surface area contributed by atoms with E-state index in [0.29, 0.717) is 24.1 Å². The Balaban J connectivity index is 1.86. The number of rotatable bonds is 5. The van der Waals surface area contributed by atoms with Crippen molar-refractivity contribution < 1.29 is 15.0 Å². The van der Waals surface area contributed by atoms with Crippen LogP contribution in [-0.2, 0) is 11.2 Å². The Bertz CT molecular complexity index is 895. The Morgan fingerprint density at radius 1 is 1.17 bits per heavy atom. The van der Waals surface area contributed by atoms with Crippen molar-refractivity contribution in [2.45, 2.75) is 19.8 Å². The van der Waals surface area contributed by atoms with E-state index in [1.807, 2.05) is 36.4 Å². The van der Waals surface area contributed by atoms with Gasteiger partial charge in [0, 0.05) is 5.57 Å². The summed E-state index contributed by atoms with van der Waals surface area (Å²) >= 11 is 0. The number of fused-ring (bicyclic) bond motifs is 1. The third-order valence-electron chi connectivity index (χ3n) is 3.76. The van der Waals surface area contributed by atoms with E-state index in [4.69, 9.17) is 5.11 Å². The van der Waals surface area contributed by atoms with Crippen molar-refractivity contribution in [3.05, 3.63) is 59.7 Å². The SMILES string of the molecule is C/C(=C\CCc1ccc(O)c(-n2nc3ccccc3n2)c1)C(=O)O. The highest BCUT2D eigenvalue weighted by Gasteiger charge is 2.09. The number of aliphatic carboxylic acids is 1. The molecule has 6 heteroatoms. The molecule has 6 nitrogen and oxygen atoms in total. The van der Waals surface area contributed by atoms with Gasteiger partial charge in [0.2, 0.25) is 0 Å². The van der Waals surface area contributed by atoms with Crippen molar-refractivity contribution in [1.82, 2.24) is 15.0 Å². The Hall–Kier alpha value is -3.15. The first-order chi connectivity index (χ1) is 11.5. The maximum absolute atomic E-state index is 10.8. The van der Waals surface area contributed by atoms with Crippen LogP contribution in [0.3, 0.4) is 0 Å². The van der Waals surface area contributed by atoms with E-state index in [-0.39, 0.29) is 5.75 Å². The van der Waals surface area contributed by atoms with Crippen molar-refractivity contribution in [1.29, 1.82) is 0 Å². The van der Waals surface area contributed by atoms with Crippen molar-refractivity contribution in [3.8, 4) is 11.4 Å². The van der Waals surface area contributed by atoms with Crippen molar-refractivity contribution in [2.24, 2.45) is 0 Å². The molecule has 0 spiro atoms. The third-order valence-corrected chi connectivity index (χ3v) is 3.76. The average Bonchev–Trinajstić information content (AvgIpc) is 3.00. The van der Waals surface area contributed by atoms with Crippen LogP contribution in [0.2, 0.25) is 0 Å². The molecule has 0 bridgehead atoms. The van der Waals surface area contributed by atoms with Crippen LogP contribution < -0.4 is 0 Å². The Labute approximate surface area is 138 Å². The second-order valence-corrected chi connectivity index (χ2v) is 5.53. The summed E-state index contributed by atoms with van der Waals surface area (Å²) in [6, 6.07) is 12.7. The molecule has 0 aliphatic heterocycles. The van der Waals surface area contributed by atoms with Crippen LogP contribution in [0, 0.1) is 0 Å². The van der Waals surface area contributed by atoms with Gasteiger partial charge in [-0.25, -0.2) is 4.79 Å². The van der Waals surface area contributed by atoms with Crippen LogP contribution in [0.15, 0.2) is 54.1 Å².